The Labute approximate surface area is 123 Å². The Morgan fingerprint density at radius 2 is 1.40 bits per heavy atom. The van der Waals surface area contributed by atoms with Crippen LogP contribution in [-0.4, -0.2) is 42.5 Å². The van der Waals surface area contributed by atoms with Gasteiger partial charge in [0.2, 0.25) is 0 Å². The van der Waals surface area contributed by atoms with Crippen LogP contribution >= 0.6 is 0 Å². The van der Waals surface area contributed by atoms with Gasteiger partial charge in [-0.2, -0.15) is 8.42 Å². The Morgan fingerprint density at radius 1 is 1.00 bits per heavy atom. The molecule has 0 aliphatic carbocycles. The highest BCUT2D eigenvalue weighted by atomic mass is 32.3. The van der Waals surface area contributed by atoms with Crippen molar-refractivity contribution in [3.05, 3.63) is 0 Å². The highest BCUT2D eigenvalue weighted by Crippen LogP contribution is 2.08. The summed E-state index contributed by atoms with van der Waals surface area (Å²) in [5.41, 5.74) is 0. The lowest BCUT2D eigenvalue weighted by Crippen LogP contribution is -2.04. The van der Waals surface area contributed by atoms with Gasteiger partial charge in [0.15, 0.2) is 0 Å². The molecule has 0 fully saturated rings. The largest absolute Gasteiger partial charge is 0.397 e. The number of aliphatic hydroxyl groups is 2. The molecule has 20 heavy (non-hydrogen) atoms. The van der Waals surface area contributed by atoms with E-state index in [0.717, 1.165) is 12.8 Å². The topological polar surface area (TPSA) is 104 Å². The molecule has 1 unspecified atom stereocenters. The second kappa shape index (κ2) is 15.2. The molecule has 3 N–H and O–H groups in total. The molecule has 0 radical (unpaired) electrons. The summed E-state index contributed by atoms with van der Waals surface area (Å²) in [6, 6.07) is 0. The fourth-order valence-electron chi connectivity index (χ4n) is 1.40. The van der Waals surface area contributed by atoms with Crippen molar-refractivity contribution in [2.45, 2.75) is 71.3 Å². The van der Waals surface area contributed by atoms with Gasteiger partial charge in [-0.3, -0.25) is 4.55 Å². The fourth-order valence-corrected chi connectivity index (χ4v) is 1.73. The van der Waals surface area contributed by atoms with Crippen LogP contribution in [0, 0.1) is 0 Å². The zero-order chi connectivity index (χ0) is 15.9. The molecule has 0 heterocycles. The van der Waals surface area contributed by atoms with Gasteiger partial charge in [0.1, 0.15) is 0 Å². The van der Waals surface area contributed by atoms with Crippen molar-refractivity contribution in [2.75, 3.05) is 13.2 Å². The van der Waals surface area contributed by atoms with Crippen molar-refractivity contribution < 1.29 is 27.4 Å². The van der Waals surface area contributed by atoms with E-state index in [1.807, 2.05) is 0 Å². The smallest absolute Gasteiger partial charge is 0.394 e. The number of unbranched alkanes of at least 4 members (excludes halogenated alkanes) is 7. The molecule has 0 aromatic carbocycles. The number of hydrogen-bond donors (Lipinski definition) is 3. The van der Waals surface area contributed by atoms with E-state index in [-0.39, 0.29) is 13.2 Å². The lowest BCUT2D eigenvalue weighted by Gasteiger charge is -2.01. The Kier molecular flexibility index (Phi) is 16.8. The monoisotopic (exact) mass is 314 g/mol. The first-order valence-corrected chi connectivity index (χ1v) is 8.60. The number of aliphatic hydroxyl groups excluding tert-OH is 2. The van der Waals surface area contributed by atoms with Gasteiger partial charge >= 0.3 is 10.4 Å². The minimum Gasteiger partial charge on any atom is -0.394 e. The molecule has 124 valence electrons. The standard InChI is InChI=1S/C10H22O4S.C3H8O2/c1-2-3-4-5-6-7-8-9-10-14-15(11,12)13;1-3(5)2-4/h2-10H2,1H3,(H,11,12,13);3-5H,2H2,1H3. The van der Waals surface area contributed by atoms with Crippen molar-refractivity contribution >= 4 is 10.4 Å². The summed E-state index contributed by atoms with van der Waals surface area (Å²) in [6.45, 7) is 3.67. The van der Waals surface area contributed by atoms with Gasteiger partial charge in [-0.15, -0.1) is 0 Å². The van der Waals surface area contributed by atoms with Crippen LogP contribution in [-0.2, 0) is 14.6 Å². The molecule has 0 saturated heterocycles. The predicted molar refractivity (Wildman–Crippen MR) is 78.9 cm³/mol. The molecule has 0 saturated carbocycles. The maximum absolute atomic E-state index is 10.2. The zero-order valence-corrected chi connectivity index (χ0v) is 13.4. The van der Waals surface area contributed by atoms with Crippen LogP contribution in [0.15, 0.2) is 0 Å². The summed E-state index contributed by atoms with van der Waals surface area (Å²) in [6.07, 6.45) is 8.49. The Morgan fingerprint density at radius 3 is 1.75 bits per heavy atom. The SMILES string of the molecule is CC(O)CO.CCCCCCCCCCOS(=O)(=O)O. The molecule has 0 aromatic rings. The molecule has 1 atom stereocenters. The molecule has 0 rings (SSSR count). The van der Waals surface area contributed by atoms with Crippen molar-refractivity contribution in [3.63, 3.8) is 0 Å². The first-order valence-electron chi connectivity index (χ1n) is 7.24. The quantitative estimate of drug-likeness (QED) is 0.399. The van der Waals surface area contributed by atoms with E-state index in [2.05, 4.69) is 11.1 Å². The predicted octanol–water partition coefficient (Wildman–Crippen LogP) is 2.31. The van der Waals surface area contributed by atoms with E-state index in [1.165, 1.54) is 39.0 Å². The van der Waals surface area contributed by atoms with E-state index in [0.29, 0.717) is 6.42 Å². The molecule has 0 aliphatic heterocycles. The molecule has 7 heteroatoms. The highest BCUT2D eigenvalue weighted by molar-refractivity contribution is 7.80. The minimum absolute atomic E-state index is 0.0911. The third-order valence-electron chi connectivity index (χ3n) is 2.49. The van der Waals surface area contributed by atoms with E-state index >= 15 is 0 Å². The van der Waals surface area contributed by atoms with Gasteiger partial charge in [0.25, 0.3) is 0 Å². The second-order valence-corrected chi connectivity index (χ2v) is 5.85. The van der Waals surface area contributed by atoms with Gasteiger partial charge in [-0.05, 0) is 13.3 Å². The molecule has 6 nitrogen and oxygen atoms in total. The lowest BCUT2D eigenvalue weighted by molar-refractivity contribution is 0.110. The number of hydrogen-bond acceptors (Lipinski definition) is 5. The molecule has 0 spiro atoms. The maximum Gasteiger partial charge on any atom is 0.397 e. The molecule has 0 amide bonds. The molecule has 0 aliphatic rings. The summed E-state index contributed by atoms with van der Waals surface area (Å²) in [4.78, 5) is 0. The Balaban J connectivity index is 0. The molecular formula is C13H30O6S. The van der Waals surface area contributed by atoms with Gasteiger partial charge in [0.05, 0.1) is 19.3 Å². The van der Waals surface area contributed by atoms with Crippen LogP contribution in [0.4, 0.5) is 0 Å². The maximum atomic E-state index is 10.2. The first-order chi connectivity index (χ1) is 9.33. The van der Waals surface area contributed by atoms with Crippen molar-refractivity contribution in [1.29, 1.82) is 0 Å². The van der Waals surface area contributed by atoms with Gasteiger partial charge in [-0.25, -0.2) is 4.18 Å². The second-order valence-electron chi connectivity index (χ2n) is 4.76. The van der Waals surface area contributed by atoms with Crippen LogP contribution < -0.4 is 0 Å². The van der Waals surface area contributed by atoms with E-state index in [4.69, 9.17) is 14.8 Å². The summed E-state index contributed by atoms with van der Waals surface area (Å²) in [7, 11) is -4.23. The third kappa shape index (κ3) is 26.4. The van der Waals surface area contributed by atoms with Gasteiger partial charge in [0, 0.05) is 0 Å². The van der Waals surface area contributed by atoms with Crippen LogP contribution in [0.2, 0.25) is 0 Å². The number of rotatable bonds is 11. The average molecular weight is 314 g/mol. The van der Waals surface area contributed by atoms with E-state index in [9.17, 15) is 8.42 Å². The van der Waals surface area contributed by atoms with Gasteiger partial charge in [-0.1, -0.05) is 51.9 Å². The van der Waals surface area contributed by atoms with E-state index < -0.39 is 16.5 Å². The van der Waals surface area contributed by atoms with Crippen molar-refractivity contribution in [3.8, 4) is 0 Å². The molecule has 0 aromatic heterocycles. The van der Waals surface area contributed by atoms with Crippen LogP contribution in [0.5, 0.6) is 0 Å². The Hall–Kier alpha value is -0.210. The Bertz CT molecular complexity index is 277. The van der Waals surface area contributed by atoms with Gasteiger partial charge < -0.3 is 10.2 Å². The van der Waals surface area contributed by atoms with Crippen molar-refractivity contribution in [1.82, 2.24) is 0 Å². The van der Waals surface area contributed by atoms with Crippen LogP contribution in [0.25, 0.3) is 0 Å². The minimum atomic E-state index is -4.23. The normalized spacial score (nSPS) is 12.7. The molecule has 0 bridgehead atoms. The summed E-state index contributed by atoms with van der Waals surface area (Å²) in [5.74, 6) is 0. The molecular weight excluding hydrogens is 284 g/mol. The average Bonchev–Trinajstić information content (AvgIpc) is 2.36. The van der Waals surface area contributed by atoms with E-state index in [1.54, 1.807) is 0 Å². The van der Waals surface area contributed by atoms with Crippen molar-refractivity contribution in [2.24, 2.45) is 0 Å². The zero-order valence-electron chi connectivity index (χ0n) is 12.6. The third-order valence-corrected chi connectivity index (χ3v) is 2.96. The summed E-state index contributed by atoms with van der Waals surface area (Å²) < 4.78 is 32.8. The van der Waals surface area contributed by atoms with Crippen LogP contribution in [0.1, 0.15) is 65.2 Å². The van der Waals surface area contributed by atoms with Crippen LogP contribution in [0.3, 0.4) is 0 Å². The fraction of sp³-hybridized carbons (Fsp3) is 1.00. The lowest BCUT2D eigenvalue weighted by atomic mass is 10.1. The first kappa shape index (κ1) is 22.1. The highest BCUT2D eigenvalue weighted by Gasteiger charge is 2.02. The summed E-state index contributed by atoms with van der Waals surface area (Å²) in [5, 5.41) is 16.0. The summed E-state index contributed by atoms with van der Waals surface area (Å²) >= 11 is 0.